The van der Waals surface area contributed by atoms with Crippen molar-refractivity contribution in [2.45, 2.75) is 19.9 Å². The van der Waals surface area contributed by atoms with Crippen LogP contribution in [0, 0.1) is 15.0 Å². The van der Waals surface area contributed by atoms with Crippen molar-refractivity contribution in [1.82, 2.24) is 19.7 Å². The van der Waals surface area contributed by atoms with Crippen LogP contribution in [0.2, 0.25) is 0 Å². The highest BCUT2D eigenvalue weighted by atomic mass is 127. The first kappa shape index (κ1) is 14.5. The SMILES string of the molecule is CC(C)n1cc(-c2ccnc(NC=CC#N)n2)c(I)n1. The first-order valence-electron chi connectivity index (χ1n) is 6.01. The Labute approximate surface area is 130 Å². The molecule has 102 valence electrons. The van der Waals surface area contributed by atoms with Gasteiger partial charge in [0.05, 0.1) is 17.3 Å². The molecule has 2 rings (SSSR count). The Morgan fingerprint density at radius 1 is 1.50 bits per heavy atom. The summed E-state index contributed by atoms with van der Waals surface area (Å²) in [7, 11) is 0. The Bertz CT molecular complexity index is 668. The topological polar surface area (TPSA) is 79.4 Å². The van der Waals surface area contributed by atoms with Crippen LogP contribution in [0.5, 0.6) is 0 Å². The van der Waals surface area contributed by atoms with Crippen molar-refractivity contribution in [3.63, 3.8) is 0 Å². The molecule has 0 amide bonds. The number of anilines is 1. The maximum Gasteiger partial charge on any atom is 0.227 e. The molecule has 7 heteroatoms. The number of hydrogen-bond acceptors (Lipinski definition) is 5. The number of hydrogen-bond donors (Lipinski definition) is 1. The number of nitriles is 1. The zero-order valence-corrected chi connectivity index (χ0v) is 13.2. The van der Waals surface area contributed by atoms with Gasteiger partial charge in [-0.3, -0.25) is 4.68 Å². The maximum absolute atomic E-state index is 8.44. The molecule has 2 aromatic heterocycles. The van der Waals surface area contributed by atoms with Crippen molar-refractivity contribution in [3.05, 3.63) is 34.4 Å². The van der Waals surface area contributed by atoms with Crippen molar-refractivity contribution in [2.24, 2.45) is 0 Å². The first-order valence-corrected chi connectivity index (χ1v) is 7.09. The van der Waals surface area contributed by atoms with E-state index in [2.05, 4.69) is 56.8 Å². The van der Waals surface area contributed by atoms with E-state index in [9.17, 15) is 0 Å². The Hall–Kier alpha value is -1.95. The number of nitrogens with one attached hydrogen (secondary N) is 1. The molecule has 0 spiro atoms. The van der Waals surface area contributed by atoms with Crippen LogP contribution in [0.1, 0.15) is 19.9 Å². The molecule has 0 aromatic carbocycles. The van der Waals surface area contributed by atoms with E-state index in [0.29, 0.717) is 12.0 Å². The summed E-state index contributed by atoms with van der Waals surface area (Å²) in [4.78, 5) is 8.50. The molecule has 20 heavy (non-hydrogen) atoms. The molecule has 0 bridgehead atoms. The summed E-state index contributed by atoms with van der Waals surface area (Å²) >= 11 is 2.19. The molecule has 0 saturated carbocycles. The van der Waals surface area contributed by atoms with Crippen LogP contribution in [-0.4, -0.2) is 19.7 Å². The lowest BCUT2D eigenvalue weighted by molar-refractivity contribution is 0.529. The third-order valence-corrected chi connectivity index (χ3v) is 3.31. The van der Waals surface area contributed by atoms with Crippen molar-refractivity contribution in [2.75, 3.05) is 5.32 Å². The second kappa shape index (κ2) is 6.47. The molecule has 0 atom stereocenters. The summed E-state index contributed by atoms with van der Waals surface area (Å²) < 4.78 is 2.80. The fraction of sp³-hybridized carbons (Fsp3) is 0.231. The fourth-order valence-electron chi connectivity index (χ4n) is 1.54. The first-order chi connectivity index (χ1) is 9.61. The monoisotopic (exact) mass is 380 g/mol. The zero-order chi connectivity index (χ0) is 14.5. The van der Waals surface area contributed by atoms with Crippen LogP contribution < -0.4 is 5.32 Å². The summed E-state index contributed by atoms with van der Waals surface area (Å²) in [6, 6.07) is 4.03. The highest BCUT2D eigenvalue weighted by molar-refractivity contribution is 14.1. The number of nitrogens with zero attached hydrogens (tertiary/aromatic N) is 5. The molecule has 0 saturated heterocycles. The smallest absolute Gasteiger partial charge is 0.227 e. The van der Waals surface area contributed by atoms with Gasteiger partial charge in [0.25, 0.3) is 0 Å². The lowest BCUT2D eigenvalue weighted by atomic mass is 10.2. The minimum Gasteiger partial charge on any atom is -0.330 e. The summed E-state index contributed by atoms with van der Waals surface area (Å²) in [6.07, 6.45) is 6.48. The van der Waals surface area contributed by atoms with E-state index in [-0.39, 0.29) is 0 Å². The molecule has 0 radical (unpaired) electrons. The normalized spacial score (nSPS) is 10.9. The van der Waals surface area contributed by atoms with E-state index in [0.717, 1.165) is 15.0 Å². The van der Waals surface area contributed by atoms with Gasteiger partial charge in [0.1, 0.15) is 3.70 Å². The van der Waals surface area contributed by atoms with Gasteiger partial charge in [-0.05, 0) is 42.5 Å². The molecule has 0 unspecified atom stereocenters. The van der Waals surface area contributed by atoms with Crippen LogP contribution in [0.4, 0.5) is 5.95 Å². The minimum atomic E-state index is 0.301. The van der Waals surface area contributed by atoms with Crippen molar-refractivity contribution < 1.29 is 0 Å². The van der Waals surface area contributed by atoms with Gasteiger partial charge in [-0.2, -0.15) is 10.4 Å². The number of allylic oxidation sites excluding steroid dienone is 1. The van der Waals surface area contributed by atoms with Crippen LogP contribution in [0.15, 0.2) is 30.7 Å². The minimum absolute atomic E-state index is 0.301. The van der Waals surface area contributed by atoms with Crippen molar-refractivity contribution >= 4 is 28.5 Å². The molecule has 6 nitrogen and oxygen atoms in total. The van der Waals surface area contributed by atoms with Gasteiger partial charge in [0, 0.05) is 30.7 Å². The average Bonchev–Trinajstić information content (AvgIpc) is 2.82. The Morgan fingerprint density at radius 2 is 2.30 bits per heavy atom. The van der Waals surface area contributed by atoms with Gasteiger partial charge >= 0.3 is 0 Å². The van der Waals surface area contributed by atoms with Crippen LogP contribution in [-0.2, 0) is 0 Å². The summed E-state index contributed by atoms with van der Waals surface area (Å²) in [6.45, 7) is 4.15. The summed E-state index contributed by atoms with van der Waals surface area (Å²) in [5.41, 5.74) is 1.76. The summed E-state index contributed by atoms with van der Waals surface area (Å²) in [5, 5.41) is 15.7. The highest BCUT2D eigenvalue weighted by Crippen LogP contribution is 2.24. The predicted octanol–water partition coefficient (Wildman–Crippen LogP) is 2.97. The largest absolute Gasteiger partial charge is 0.330 e. The molecule has 0 aliphatic heterocycles. The second-order valence-corrected chi connectivity index (χ2v) is 5.30. The Kier molecular flexibility index (Phi) is 4.68. The van der Waals surface area contributed by atoms with E-state index in [4.69, 9.17) is 5.26 Å². The van der Waals surface area contributed by atoms with Crippen LogP contribution >= 0.6 is 22.6 Å². The highest BCUT2D eigenvalue weighted by Gasteiger charge is 2.12. The standard InChI is InChI=1S/C13H13IN6/c1-9(2)20-8-10(12(14)19-20)11-4-7-17-13(18-11)16-6-3-5-15/h3-4,6-9H,1-2H3,(H,16,17,18). The zero-order valence-electron chi connectivity index (χ0n) is 11.1. The lowest BCUT2D eigenvalue weighted by Gasteiger charge is -2.03. The van der Waals surface area contributed by atoms with Crippen molar-refractivity contribution in [3.8, 4) is 17.3 Å². The van der Waals surface area contributed by atoms with Crippen molar-refractivity contribution in [1.29, 1.82) is 5.26 Å². The molecular weight excluding hydrogens is 367 g/mol. The van der Waals surface area contributed by atoms with Gasteiger partial charge in [0.15, 0.2) is 0 Å². The quantitative estimate of drug-likeness (QED) is 0.652. The molecule has 1 N–H and O–H groups in total. The van der Waals surface area contributed by atoms with Gasteiger partial charge < -0.3 is 5.32 Å². The van der Waals surface area contributed by atoms with Gasteiger partial charge in [-0.25, -0.2) is 9.97 Å². The fourth-order valence-corrected chi connectivity index (χ4v) is 2.20. The van der Waals surface area contributed by atoms with E-state index < -0.39 is 0 Å². The third kappa shape index (κ3) is 3.33. The number of rotatable bonds is 4. The molecule has 0 aliphatic rings. The van der Waals surface area contributed by atoms with E-state index in [1.54, 1.807) is 6.20 Å². The number of halogens is 1. The van der Waals surface area contributed by atoms with Crippen LogP contribution in [0.3, 0.4) is 0 Å². The van der Waals surface area contributed by atoms with Gasteiger partial charge in [0.2, 0.25) is 5.95 Å². The maximum atomic E-state index is 8.44. The predicted molar refractivity (Wildman–Crippen MR) is 84.7 cm³/mol. The molecule has 0 fully saturated rings. The second-order valence-electron chi connectivity index (χ2n) is 4.28. The van der Waals surface area contributed by atoms with Gasteiger partial charge in [-0.15, -0.1) is 0 Å². The van der Waals surface area contributed by atoms with E-state index in [1.165, 1.54) is 12.3 Å². The summed E-state index contributed by atoms with van der Waals surface area (Å²) in [5.74, 6) is 0.446. The van der Waals surface area contributed by atoms with Gasteiger partial charge in [-0.1, -0.05) is 0 Å². The Balaban J connectivity index is 2.31. The average molecular weight is 380 g/mol. The molecule has 2 heterocycles. The Morgan fingerprint density at radius 3 is 2.95 bits per heavy atom. The van der Waals surface area contributed by atoms with E-state index >= 15 is 0 Å². The molecule has 2 aromatic rings. The third-order valence-electron chi connectivity index (χ3n) is 2.52. The van der Waals surface area contributed by atoms with Crippen LogP contribution in [0.25, 0.3) is 11.3 Å². The van der Waals surface area contributed by atoms with E-state index in [1.807, 2.05) is 23.0 Å². The molecule has 0 aliphatic carbocycles. The number of aromatic nitrogens is 4. The molecular formula is C13H13IN6. The lowest BCUT2D eigenvalue weighted by Crippen LogP contribution is -2.00.